The molecular weight excluding hydrogens is 811 g/mol. The average Bonchev–Trinajstić information content (AvgIpc) is 4.03. The van der Waals surface area contributed by atoms with Crippen LogP contribution in [0.15, 0.2) is 253 Å². The van der Waals surface area contributed by atoms with E-state index in [1.165, 1.54) is 77.5 Å². The van der Waals surface area contributed by atoms with E-state index in [0.29, 0.717) is 0 Å². The van der Waals surface area contributed by atoms with Gasteiger partial charge in [0, 0.05) is 27.7 Å². The predicted octanol–water partition coefficient (Wildman–Crippen LogP) is 17.6. The summed E-state index contributed by atoms with van der Waals surface area (Å²) >= 11 is 0. The minimum Gasteiger partial charge on any atom is -0.456 e. The number of fused-ring (bicyclic) bond motifs is 14. The molecule has 312 valence electrons. The fourth-order valence-electron chi connectivity index (χ4n) is 11.8. The maximum absolute atomic E-state index is 6.48. The SMILES string of the molecule is c1ccc(-c2ccc(-c3ccc(N(c4ccc5c(c4)C4(c6ccccc6-c6ccccc64)c4ccccc4-5)c4ccccc4-c4cccc5oc6ccccc6c45)cc3)c3ccccc23)cc1. The molecule has 1 aromatic heterocycles. The van der Waals surface area contributed by atoms with Gasteiger partial charge >= 0.3 is 0 Å². The van der Waals surface area contributed by atoms with Crippen LogP contribution in [-0.4, -0.2) is 0 Å². The van der Waals surface area contributed by atoms with Gasteiger partial charge in [0.25, 0.3) is 0 Å². The Morgan fingerprint density at radius 1 is 0.284 bits per heavy atom. The Labute approximate surface area is 389 Å². The highest BCUT2D eigenvalue weighted by atomic mass is 16.3. The highest BCUT2D eigenvalue weighted by molar-refractivity contribution is 6.14. The number of furan rings is 1. The summed E-state index contributed by atoms with van der Waals surface area (Å²) in [7, 11) is 0. The van der Waals surface area contributed by atoms with Gasteiger partial charge in [0.1, 0.15) is 11.2 Å². The summed E-state index contributed by atoms with van der Waals surface area (Å²) in [5.41, 5.74) is 22.1. The van der Waals surface area contributed by atoms with Crippen molar-refractivity contribution in [3.8, 4) is 55.6 Å². The van der Waals surface area contributed by atoms with Gasteiger partial charge in [0.05, 0.1) is 11.1 Å². The molecule has 2 aliphatic rings. The van der Waals surface area contributed by atoms with Crippen LogP contribution in [0.4, 0.5) is 17.1 Å². The molecule has 0 fully saturated rings. The lowest BCUT2D eigenvalue weighted by atomic mass is 9.70. The van der Waals surface area contributed by atoms with E-state index < -0.39 is 5.41 Å². The van der Waals surface area contributed by atoms with E-state index in [-0.39, 0.29) is 0 Å². The van der Waals surface area contributed by atoms with E-state index in [1.807, 2.05) is 6.07 Å². The van der Waals surface area contributed by atoms with Crippen molar-refractivity contribution in [3.63, 3.8) is 0 Å². The highest BCUT2D eigenvalue weighted by Gasteiger charge is 2.51. The first kappa shape index (κ1) is 37.6. The van der Waals surface area contributed by atoms with Crippen LogP contribution in [0.1, 0.15) is 22.3 Å². The largest absolute Gasteiger partial charge is 0.456 e. The van der Waals surface area contributed by atoms with Gasteiger partial charge < -0.3 is 9.32 Å². The lowest BCUT2D eigenvalue weighted by Gasteiger charge is -2.32. The van der Waals surface area contributed by atoms with Crippen LogP contribution in [0.5, 0.6) is 0 Å². The van der Waals surface area contributed by atoms with Crippen LogP contribution in [0.2, 0.25) is 0 Å². The molecule has 1 spiro atoms. The summed E-state index contributed by atoms with van der Waals surface area (Å²) in [6, 6.07) is 91.3. The molecule has 0 saturated carbocycles. The van der Waals surface area contributed by atoms with Gasteiger partial charge in [0.15, 0.2) is 0 Å². The normalized spacial score (nSPS) is 12.9. The molecular formula is C65H41NO. The van der Waals surface area contributed by atoms with Gasteiger partial charge in [-0.3, -0.25) is 0 Å². The van der Waals surface area contributed by atoms with Gasteiger partial charge in [-0.15, -0.1) is 0 Å². The molecule has 2 nitrogen and oxygen atoms in total. The molecule has 12 aromatic rings. The van der Waals surface area contributed by atoms with Crippen molar-refractivity contribution in [3.05, 3.63) is 271 Å². The predicted molar refractivity (Wildman–Crippen MR) is 279 cm³/mol. The molecule has 1 heterocycles. The molecule has 14 rings (SSSR count). The Morgan fingerprint density at radius 2 is 0.746 bits per heavy atom. The highest BCUT2D eigenvalue weighted by Crippen LogP contribution is 2.63. The van der Waals surface area contributed by atoms with Crippen LogP contribution >= 0.6 is 0 Å². The lowest BCUT2D eigenvalue weighted by molar-refractivity contribution is 0.669. The molecule has 67 heavy (non-hydrogen) atoms. The Balaban J connectivity index is 0.999. The minimum absolute atomic E-state index is 0.474. The summed E-state index contributed by atoms with van der Waals surface area (Å²) in [4.78, 5) is 2.47. The number of hydrogen-bond donors (Lipinski definition) is 0. The fraction of sp³-hybridized carbons (Fsp3) is 0.0154. The minimum atomic E-state index is -0.474. The molecule has 0 amide bonds. The fourth-order valence-corrected chi connectivity index (χ4v) is 11.8. The van der Waals surface area contributed by atoms with Crippen molar-refractivity contribution in [2.24, 2.45) is 0 Å². The number of para-hydroxylation sites is 2. The van der Waals surface area contributed by atoms with E-state index >= 15 is 0 Å². The van der Waals surface area contributed by atoms with Crippen LogP contribution in [0.3, 0.4) is 0 Å². The van der Waals surface area contributed by atoms with Gasteiger partial charge in [-0.05, 0) is 126 Å². The number of nitrogens with zero attached hydrogens (tertiary/aromatic N) is 1. The van der Waals surface area contributed by atoms with Crippen molar-refractivity contribution < 1.29 is 4.42 Å². The van der Waals surface area contributed by atoms with Crippen LogP contribution < -0.4 is 4.90 Å². The maximum Gasteiger partial charge on any atom is 0.136 e. The number of benzene rings is 11. The van der Waals surface area contributed by atoms with E-state index in [2.05, 4.69) is 248 Å². The van der Waals surface area contributed by atoms with Crippen molar-refractivity contribution in [1.29, 1.82) is 0 Å². The second-order valence-corrected chi connectivity index (χ2v) is 17.9. The Hall–Kier alpha value is -8.72. The van der Waals surface area contributed by atoms with Gasteiger partial charge in [0.2, 0.25) is 0 Å². The molecule has 0 saturated heterocycles. The average molecular weight is 852 g/mol. The third kappa shape index (κ3) is 5.45. The number of rotatable bonds is 6. The molecule has 0 aliphatic heterocycles. The Bertz CT molecular complexity index is 3870. The summed E-state index contributed by atoms with van der Waals surface area (Å²) in [5.74, 6) is 0. The molecule has 0 N–H and O–H groups in total. The molecule has 2 heteroatoms. The Morgan fingerprint density at radius 3 is 1.40 bits per heavy atom. The maximum atomic E-state index is 6.48. The van der Waals surface area contributed by atoms with Gasteiger partial charge in [-0.1, -0.05) is 206 Å². The van der Waals surface area contributed by atoms with Crippen LogP contribution in [0, 0.1) is 0 Å². The number of hydrogen-bond acceptors (Lipinski definition) is 2. The zero-order chi connectivity index (χ0) is 44.1. The van der Waals surface area contributed by atoms with Crippen molar-refractivity contribution >= 4 is 49.8 Å². The standard InChI is InChI=1S/C65H41NO/c1-2-17-42(18-3-1)46-39-40-47(49-20-5-4-19-48(46)49)43-33-35-44(36-34-43)66(61-30-14-9-24-54(61)55-26-16-32-63-64(55)56-25-10-15-31-62(56)67-63)45-37-38-53-52-23-8-13-29-59(52)65(60(53)41-45)57-27-11-6-21-50(57)51-22-7-12-28-58(51)65/h1-41H. The van der Waals surface area contributed by atoms with Gasteiger partial charge in [-0.25, -0.2) is 0 Å². The van der Waals surface area contributed by atoms with E-state index in [4.69, 9.17) is 4.42 Å². The summed E-state index contributed by atoms with van der Waals surface area (Å²) in [5, 5.41) is 4.71. The van der Waals surface area contributed by atoms with Crippen molar-refractivity contribution in [1.82, 2.24) is 0 Å². The second-order valence-electron chi connectivity index (χ2n) is 17.9. The van der Waals surface area contributed by atoms with E-state index in [9.17, 15) is 0 Å². The van der Waals surface area contributed by atoms with E-state index in [1.54, 1.807) is 0 Å². The molecule has 11 aromatic carbocycles. The molecule has 2 aliphatic carbocycles. The van der Waals surface area contributed by atoms with Crippen LogP contribution in [0.25, 0.3) is 88.3 Å². The van der Waals surface area contributed by atoms with Crippen LogP contribution in [-0.2, 0) is 5.41 Å². The monoisotopic (exact) mass is 851 g/mol. The zero-order valence-electron chi connectivity index (χ0n) is 36.5. The second kappa shape index (κ2) is 14.7. The van der Waals surface area contributed by atoms with E-state index in [0.717, 1.165) is 50.1 Å². The Kier molecular flexibility index (Phi) is 8.23. The first-order valence-electron chi connectivity index (χ1n) is 23.2. The molecule has 0 atom stereocenters. The summed E-state index contributed by atoms with van der Waals surface area (Å²) in [6.07, 6.45) is 0. The topological polar surface area (TPSA) is 16.4 Å². The summed E-state index contributed by atoms with van der Waals surface area (Å²) < 4.78 is 6.48. The summed E-state index contributed by atoms with van der Waals surface area (Å²) in [6.45, 7) is 0. The van der Waals surface area contributed by atoms with Crippen molar-refractivity contribution in [2.45, 2.75) is 5.41 Å². The quantitative estimate of drug-likeness (QED) is 0.166. The third-order valence-corrected chi connectivity index (χ3v) is 14.5. The first-order valence-corrected chi connectivity index (χ1v) is 23.2. The smallest absolute Gasteiger partial charge is 0.136 e. The lowest BCUT2D eigenvalue weighted by Crippen LogP contribution is -2.26. The zero-order valence-corrected chi connectivity index (χ0v) is 36.5. The molecule has 0 bridgehead atoms. The molecule has 0 unspecified atom stereocenters. The molecule has 0 radical (unpaired) electrons. The first-order chi connectivity index (χ1) is 33.3. The van der Waals surface area contributed by atoms with Gasteiger partial charge in [-0.2, -0.15) is 0 Å². The number of anilines is 3. The van der Waals surface area contributed by atoms with Crippen molar-refractivity contribution in [2.75, 3.05) is 4.90 Å². The third-order valence-electron chi connectivity index (χ3n) is 14.5.